The molecule has 1 unspecified atom stereocenters. The second-order valence-electron chi connectivity index (χ2n) is 5.71. The summed E-state index contributed by atoms with van der Waals surface area (Å²) in [5.41, 5.74) is 6.98. The van der Waals surface area contributed by atoms with Crippen LogP contribution in [-0.2, 0) is 11.2 Å². The minimum atomic E-state index is 0.0417. The lowest BCUT2D eigenvalue weighted by atomic mass is 10.1. The Bertz CT molecular complexity index is 378. The predicted molar refractivity (Wildman–Crippen MR) is 89.1 cm³/mol. The van der Waals surface area contributed by atoms with Crippen molar-refractivity contribution in [2.75, 3.05) is 6.54 Å². The van der Waals surface area contributed by atoms with Crippen LogP contribution in [0, 0.1) is 0 Å². The lowest BCUT2D eigenvalue weighted by Gasteiger charge is -2.17. The molecule has 0 fully saturated rings. The monoisotopic (exact) mass is 290 g/mol. The SMILES string of the molecule is CCCCCCCCC(=O)NC(CN)Cc1ccccc1. The third-order valence-corrected chi connectivity index (χ3v) is 3.73. The molecule has 1 aromatic rings. The lowest BCUT2D eigenvalue weighted by Crippen LogP contribution is -2.41. The zero-order valence-electron chi connectivity index (χ0n) is 13.3. The van der Waals surface area contributed by atoms with Gasteiger partial charge in [-0.2, -0.15) is 0 Å². The van der Waals surface area contributed by atoms with Crippen LogP contribution in [-0.4, -0.2) is 18.5 Å². The van der Waals surface area contributed by atoms with Gasteiger partial charge >= 0.3 is 0 Å². The van der Waals surface area contributed by atoms with Gasteiger partial charge in [0.15, 0.2) is 0 Å². The van der Waals surface area contributed by atoms with Gasteiger partial charge < -0.3 is 11.1 Å². The fourth-order valence-corrected chi connectivity index (χ4v) is 2.46. The van der Waals surface area contributed by atoms with E-state index in [4.69, 9.17) is 5.73 Å². The zero-order chi connectivity index (χ0) is 15.3. The predicted octanol–water partition coefficient (Wildman–Crippen LogP) is 3.42. The number of nitrogens with two attached hydrogens (primary N) is 1. The van der Waals surface area contributed by atoms with Gasteiger partial charge in [-0.15, -0.1) is 0 Å². The van der Waals surface area contributed by atoms with Gasteiger partial charge in [0.05, 0.1) is 0 Å². The number of carbonyl (C=O) groups excluding carboxylic acids is 1. The van der Waals surface area contributed by atoms with E-state index in [1.807, 2.05) is 18.2 Å². The highest BCUT2D eigenvalue weighted by molar-refractivity contribution is 5.76. The molecule has 21 heavy (non-hydrogen) atoms. The van der Waals surface area contributed by atoms with Crippen molar-refractivity contribution < 1.29 is 4.79 Å². The maximum absolute atomic E-state index is 11.9. The largest absolute Gasteiger partial charge is 0.352 e. The summed E-state index contributed by atoms with van der Waals surface area (Å²) in [7, 11) is 0. The number of benzene rings is 1. The number of nitrogens with one attached hydrogen (secondary N) is 1. The number of rotatable bonds is 11. The van der Waals surface area contributed by atoms with Crippen molar-refractivity contribution in [2.24, 2.45) is 5.73 Å². The van der Waals surface area contributed by atoms with Gasteiger partial charge in [-0.25, -0.2) is 0 Å². The molecule has 0 aromatic heterocycles. The van der Waals surface area contributed by atoms with Crippen molar-refractivity contribution >= 4 is 5.91 Å². The second kappa shape index (κ2) is 11.3. The Morgan fingerprint density at radius 2 is 1.76 bits per heavy atom. The van der Waals surface area contributed by atoms with Crippen molar-refractivity contribution in [1.29, 1.82) is 0 Å². The molecule has 1 rings (SSSR count). The first-order chi connectivity index (χ1) is 10.3. The van der Waals surface area contributed by atoms with Gasteiger partial charge in [0.2, 0.25) is 5.91 Å². The van der Waals surface area contributed by atoms with E-state index in [-0.39, 0.29) is 11.9 Å². The smallest absolute Gasteiger partial charge is 0.220 e. The summed E-state index contributed by atoms with van der Waals surface area (Å²) in [6.07, 6.45) is 8.66. The molecule has 0 saturated heterocycles. The van der Waals surface area contributed by atoms with E-state index in [1.54, 1.807) is 0 Å². The van der Waals surface area contributed by atoms with Crippen LogP contribution in [0.4, 0.5) is 0 Å². The van der Waals surface area contributed by atoms with Gasteiger partial charge in [-0.05, 0) is 18.4 Å². The van der Waals surface area contributed by atoms with Crippen LogP contribution in [0.2, 0.25) is 0 Å². The lowest BCUT2D eigenvalue weighted by molar-refractivity contribution is -0.121. The second-order valence-corrected chi connectivity index (χ2v) is 5.71. The maximum atomic E-state index is 11.9. The van der Waals surface area contributed by atoms with Crippen LogP contribution < -0.4 is 11.1 Å². The molecule has 3 nitrogen and oxygen atoms in total. The van der Waals surface area contributed by atoms with Gasteiger partial charge in [-0.1, -0.05) is 69.4 Å². The Balaban J connectivity index is 2.19. The van der Waals surface area contributed by atoms with Crippen LogP contribution in [0.15, 0.2) is 30.3 Å². The highest BCUT2D eigenvalue weighted by Gasteiger charge is 2.11. The van der Waals surface area contributed by atoms with Crippen molar-refractivity contribution in [2.45, 2.75) is 64.3 Å². The molecular formula is C18H30N2O. The van der Waals surface area contributed by atoms with Crippen LogP contribution >= 0.6 is 0 Å². The topological polar surface area (TPSA) is 55.1 Å². The van der Waals surface area contributed by atoms with Crippen LogP contribution in [0.5, 0.6) is 0 Å². The Morgan fingerprint density at radius 3 is 2.43 bits per heavy atom. The van der Waals surface area contributed by atoms with E-state index < -0.39 is 0 Å². The molecule has 0 heterocycles. The molecular weight excluding hydrogens is 260 g/mol. The zero-order valence-corrected chi connectivity index (χ0v) is 13.3. The average molecular weight is 290 g/mol. The van der Waals surface area contributed by atoms with Gasteiger partial charge in [0.1, 0.15) is 0 Å². The summed E-state index contributed by atoms with van der Waals surface area (Å²) >= 11 is 0. The number of carbonyl (C=O) groups is 1. The molecule has 1 atom stereocenters. The fourth-order valence-electron chi connectivity index (χ4n) is 2.46. The van der Waals surface area contributed by atoms with E-state index in [1.165, 1.54) is 31.2 Å². The molecule has 3 heteroatoms. The van der Waals surface area contributed by atoms with E-state index in [0.29, 0.717) is 13.0 Å². The first-order valence-corrected chi connectivity index (χ1v) is 8.29. The van der Waals surface area contributed by atoms with Crippen LogP contribution in [0.1, 0.15) is 57.4 Å². The summed E-state index contributed by atoms with van der Waals surface area (Å²) in [5, 5.41) is 3.05. The molecule has 0 bridgehead atoms. The summed E-state index contributed by atoms with van der Waals surface area (Å²) < 4.78 is 0. The van der Waals surface area contributed by atoms with E-state index >= 15 is 0 Å². The number of hydrogen-bond acceptors (Lipinski definition) is 2. The number of unbranched alkanes of at least 4 members (excludes halogenated alkanes) is 5. The molecule has 0 aliphatic carbocycles. The minimum Gasteiger partial charge on any atom is -0.352 e. The van der Waals surface area contributed by atoms with Crippen LogP contribution in [0.25, 0.3) is 0 Å². The highest BCUT2D eigenvalue weighted by atomic mass is 16.1. The Morgan fingerprint density at radius 1 is 1.10 bits per heavy atom. The van der Waals surface area contributed by atoms with Crippen molar-refractivity contribution in [3.8, 4) is 0 Å². The molecule has 0 aliphatic heterocycles. The highest BCUT2D eigenvalue weighted by Crippen LogP contribution is 2.07. The molecule has 0 spiro atoms. The van der Waals surface area contributed by atoms with Gasteiger partial charge in [-0.3, -0.25) is 4.79 Å². The Hall–Kier alpha value is -1.35. The van der Waals surface area contributed by atoms with E-state index in [2.05, 4.69) is 24.4 Å². The van der Waals surface area contributed by atoms with Gasteiger partial charge in [0, 0.05) is 19.0 Å². The molecule has 0 radical (unpaired) electrons. The third-order valence-electron chi connectivity index (χ3n) is 3.73. The molecule has 1 amide bonds. The molecule has 3 N–H and O–H groups in total. The minimum absolute atomic E-state index is 0.0417. The fraction of sp³-hybridized carbons (Fsp3) is 0.611. The van der Waals surface area contributed by atoms with Crippen LogP contribution in [0.3, 0.4) is 0 Å². The Labute approximate surface area is 129 Å². The first kappa shape index (κ1) is 17.7. The Kier molecular flexibility index (Phi) is 9.55. The first-order valence-electron chi connectivity index (χ1n) is 8.29. The summed E-state index contributed by atoms with van der Waals surface area (Å²) in [4.78, 5) is 11.9. The molecule has 1 aromatic carbocycles. The third kappa shape index (κ3) is 8.51. The van der Waals surface area contributed by atoms with E-state index in [0.717, 1.165) is 19.3 Å². The van der Waals surface area contributed by atoms with Crippen molar-refractivity contribution in [3.05, 3.63) is 35.9 Å². The molecule has 0 aliphatic rings. The summed E-state index contributed by atoms with van der Waals surface area (Å²) in [6.45, 7) is 2.70. The van der Waals surface area contributed by atoms with Crippen molar-refractivity contribution in [3.63, 3.8) is 0 Å². The number of hydrogen-bond donors (Lipinski definition) is 2. The molecule has 118 valence electrons. The summed E-state index contributed by atoms with van der Waals surface area (Å²) in [6, 6.07) is 10.2. The standard InChI is InChI=1S/C18H30N2O/c1-2-3-4-5-6-10-13-18(21)20-17(15-19)14-16-11-8-7-9-12-16/h7-9,11-12,17H,2-6,10,13-15,19H2,1H3,(H,20,21). The van der Waals surface area contributed by atoms with Gasteiger partial charge in [0.25, 0.3) is 0 Å². The normalized spacial score (nSPS) is 12.1. The summed E-state index contributed by atoms with van der Waals surface area (Å²) in [5.74, 6) is 0.136. The van der Waals surface area contributed by atoms with Crippen molar-refractivity contribution in [1.82, 2.24) is 5.32 Å². The van der Waals surface area contributed by atoms with E-state index in [9.17, 15) is 4.79 Å². The maximum Gasteiger partial charge on any atom is 0.220 e. The number of amides is 1. The quantitative estimate of drug-likeness (QED) is 0.614. The average Bonchev–Trinajstić information content (AvgIpc) is 2.51. The molecule has 0 saturated carbocycles.